The lowest BCUT2D eigenvalue weighted by molar-refractivity contribution is -0.150. The maximum Gasteiger partial charge on any atom is 0.332 e. The highest BCUT2D eigenvalue weighted by molar-refractivity contribution is 5.72. The lowest BCUT2D eigenvalue weighted by atomic mass is 10.2. The van der Waals surface area contributed by atoms with E-state index in [1.54, 1.807) is 0 Å². The third kappa shape index (κ3) is 6.80. The molecule has 0 aliphatic rings. The van der Waals surface area contributed by atoms with Gasteiger partial charge in [0.1, 0.15) is 0 Å². The molecule has 0 saturated carbocycles. The number of hydrogen-bond acceptors (Lipinski definition) is 3. The molecule has 0 amide bonds. The third-order valence-corrected chi connectivity index (χ3v) is 2.43. The fourth-order valence-electron chi connectivity index (χ4n) is 1.75. The fourth-order valence-corrected chi connectivity index (χ4v) is 1.75. The molecule has 4 nitrogen and oxygen atoms in total. The van der Waals surface area contributed by atoms with Crippen LogP contribution in [0, 0.1) is 0 Å². The fraction of sp³-hybridized carbons (Fsp3) is 0.917. The zero-order chi connectivity index (χ0) is 12.4. The van der Waals surface area contributed by atoms with Crippen molar-refractivity contribution in [2.45, 2.75) is 46.1 Å². The average molecular weight is 231 g/mol. The number of ether oxygens (including phenoxy) is 1. The largest absolute Gasteiger partial charge is 0.479 e. The predicted octanol–water partition coefficient (Wildman–Crippen LogP) is 1.99. The van der Waals surface area contributed by atoms with Gasteiger partial charge in [0, 0.05) is 13.2 Å². The minimum absolute atomic E-state index is 0.457. The number of hydrogen-bond donors (Lipinski definition) is 1. The van der Waals surface area contributed by atoms with Crippen LogP contribution < -0.4 is 0 Å². The maximum atomic E-state index is 10.9. The Kier molecular flexibility index (Phi) is 9.24. The van der Waals surface area contributed by atoms with Crippen LogP contribution in [-0.4, -0.2) is 48.3 Å². The average Bonchev–Trinajstić information content (AvgIpc) is 2.24. The zero-order valence-corrected chi connectivity index (χ0v) is 10.7. The standard InChI is InChI=1S/C12H25NO3/c1-4-8-13(9-5-2)10-7-11(12(14)15)16-6-3/h11H,4-10H2,1-3H3,(H,14,15). The summed E-state index contributed by atoms with van der Waals surface area (Å²) in [6.45, 7) is 9.43. The molecule has 0 fully saturated rings. The first kappa shape index (κ1) is 15.4. The van der Waals surface area contributed by atoms with Gasteiger partial charge in [0.15, 0.2) is 6.10 Å². The molecule has 0 heterocycles. The van der Waals surface area contributed by atoms with Gasteiger partial charge in [-0.2, -0.15) is 0 Å². The molecule has 0 aromatic carbocycles. The smallest absolute Gasteiger partial charge is 0.332 e. The molecule has 0 aromatic heterocycles. The van der Waals surface area contributed by atoms with Gasteiger partial charge in [-0.05, 0) is 39.3 Å². The van der Waals surface area contributed by atoms with Crippen LogP contribution in [0.2, 0.25) is 0 Å². The molecule has 0 spiro atoms. The summed E-state index contributed by atoms with van der Waals surface area (Å²) in [5.41, 5.74) is 0. The van der Waals surface area contributed by atoms with Crippen LogP contribution in [0.25, 0.3) is 0 Å². The summed E-state index contributed by atoms with van der Waals surface area (Å²) in [6, 6.07) is 0. The van der Waals surface area contributed by atoms with Crippen molar-refractivity contribution in [2.24, 2.45) is 0 Å². The first-order chi connectivity index (χ1) is 7.65. The van der Waals surface area contributed by atoms with Gasteiger partial charge < -0.3 is 14.7 Å². The second-order valence-corrected chi connectivity index (χ2v) is 3.91. The number of rotatable bonds is 10. The molecule has 0 aromatic rings. The van der Waals surface area contributed by atoms with Crippen LogP contribution >= 0.6 is 0 Å². The van der Waals surface area contributed by atoms with Gasteiger partial charge in [0.25, 0.3) is 0 Å². The van der Waals surface area contributed by atoms with Crippen molar-refractivity contribution in [3.05, 3.63) is 0 Å². The quantitative estimate of drug-likeness (QED) is 0.624. The molecule has 1 atom stereocenters. The first-order valence-corrected chi connectivity index (χ1v) is 6.22. The lowest BCUT2D eigenvalue weighted by Gasteiger charge is -2.22. The SMILES string of the molecule is CCCN(CCC)CCC(OCC)C(=O)O. The molecule has 0 saturated heterocycles. The minimum Gasteiger partial charge on any atom is -0.479 e. The van der Waals surface area contributed by atoms with Gasteiger partial charge in [0.05, 0.1) is 0 Å². The van der Waals surface area contributed by atoms with Crippen LogP contribution in [-0.2, 0) is 9.53 Å². The molecular formula is C12H25NO3. The topological polar surface area (TPSA) is 49.8 Å². The summed E-state index contributed by atoms with van der Waals surface area (Å²) in [5.74, 6) is -0.852. The minimum atomic E-state index is -0.852. The molecule has 0 bridgehead atoms. The molecule has 1 unspecified atom stereocenters. The summed E-state index contributed by atoms with van der Waals surface area (Å²) in [4.78, 5) is 13.2. The van der Waals surface area contributed by atoms with Crippen LogP contribution in [0.5, 0.6) is 0 Å². The van der Waals surface area contributed by atoms with Gasteiger partial charge in [-0.25, -0.2) is 4.79 Å². The van der Waals surface area contributed by atoms with Crippen LogP contribution in [0.3, 0.4) is 0 Å². The number of aliphatic carboxylic acids is 1. The number of nitrogens with zero attached hydrogens (tertiary/aromatic N) is 1. The van der Waals surface area contributed by atoms with Crippen molar-refractivity contribution in [2.75, 3.05) is 26.2 Å². The van der Waals surface area contributed by atoms with E-state index in [0.29, 0.717) is 13.0 Å². The molecule has 0 radical (unpaired) electrons. The number of carboxylic acid groups (broad SMARTS) is 1. The summed E-state index contributed by atoms with van der Waals surface area (Å²) in [7, 11) is 0. The van der Waals surface area contributed by atoms with Gasteiger partial charge in [-0.1, -0.05) is 13.8 Å². The van der Waals surface area contributed by atoms with Crippen LogP contribution in [0.15, 0.2) is 0 Å². The zero-order valence-electron chi connectivity index (χ0n) is 10.7. The molecular weight excluding hydrogens is 206 g/mol. The maximum absolute atomic E-state index is 10.9. The van der Waals surface area contributed by atoms with E-state index in [1.165, 1.54) is 0 Å². The van der Waals surface area contributed by atoms with E-state index < -0.39 is 12.1 Å². The first-order valence-electron chi connectivity index (χ1n) is 6.22. The van der Waals surface area contributed by atoms with Crippen LogP contribution in [0.1, 0.15) is 40.0 Å². The monoisotopic (exact) mass is 231 g/mol. The lowest BCUT2D eigenvalue weighted by Crippen LogP contribution is -2.33. The Labute approximate surface area is 98.6 Å². The normalized spacial score (nSPS) is 13.0. The van der Waals surface area contributed by atoms with E-state index in [4.69, 9.17) is 9.84 Å². The molecule has 1 N–H and O–H groups in total. The highest BCUT2D eigenvalue weighted by Gasteiger charge is 2.18. The van der Waals surface area contributed by atoms with Gasteiger partial charge in [0.2, 0.25) is 0 Å². The Bertz CT molecular complexity index is 179. The van der Waals surface area contributed by atoms with E-state index in [0.717, 1.165) is 32.5 Å². The molecule has 96 valence electrons. The van der Waals surface area contributed by atoms with Crippen LogP contribution in [0.4, 0.5) is 0 Å². The van der Waals surface area contributed by atoms with E-state index in [2.05, 4.69) is 18.7 Å². The van der Waals surface area contributed by atoms with E-state index in [9.17, 15) is 4.79 Å². The Hall–Kier alpha value is -0.610. The van der Waals surface area contributed by atoms with Crippen molar-refractivity contribution in [3.8, 4) is 0 Å². The Balaban J connectivity index is 3.98. The predicted molar refractivity (Wildman–Crippen MR) is 64.7 cm³/mol. The highest BCUT2D eigenvalue weighted by atomic mass is 16.5. The summed E-state index contributed by atoms with van der Waals surface area (Å²) in [5, 5.41) is 8.93. The van der Waals surface area contributed by atoms with Crippen molar-refractivity contribution in [3.63, 3.8) is 0 Å². The van der Waals surface area contributed by atoms with Gasteiger partial charge >= 0.3 is 5.97 Å². The van der Waals surface area contributed by atoms with Crippen molar-refractivity contribution in [1.82, 2.24) is 4.90 Å². The molecule has 0 rings (SSSR count). The van der Waals surface area contributed by atoms with Gasteiger partial charge in [-0.15, -0.1) is 0 Å². The second-order valence-electron chi connectivity index (χ2n) is 3.91. The van der Waals surface area contributed by atoms with Crippen molar-refractivity contribution in [1.29, 1.82) is 0 Å². The highest BCUT2D eigenvalue weighted by Crippen LogP contribution is 2.03. The Morgan fingerprint density at radius 1 is 1.19 bits per heavy atom. The van der Waals surface area contributed by atoms with E-state index in [-0.39, 0.29) is 0 Å². The summed E-state index contributed by atoms with van der Waals surface area (Å²) < 4.78 is 5.18. The molecule has 4 heteroatoms. The molecule has 16 heavy (non-hydrogen) atoms. The summed E-state index contributed by atoms with van der Waals surface area (Å²) >= 11 is 0. The Morgan fingerprint density at radius 3 is 2.12 bits per heavy atom. The molecule has 0 aliphatic carbocycles. The van der Waals surface area contributed by atoms with E-state index in [1.807, 2.05) is 6.92 Å². The van der Waals surface area contributed by atoms with E-state index >= 15 is 0 Å². The number of carbonyl (C=O) groups is 1. The Morgan fingerprint density at radius 2 is 1.75 bits per heavy atom. The van der Waals surface area contributed by atoms with Crippen molar-refractivity contribution < 1.29 is 14.6 Å². The van der Waals surface area contributed by atoms with Crippen molar-refractivity contribution >= 4 is 5.97 Å². The number of carboxylic acids is 1. The second kappa shape index (κ2) is 9.60. The third-order valence-electron chi connectivity index (χ3n) is 2.43. The van der Waals surface area contributed by atoms with Gasteiger partial charge in [-0.3, -0.25) is 0 Å². The summed E-state index contributed by atoms with van der Waals surface area (Å²) in [6.07, 6.45) is 2.13. The molecule has 0 aliphatic heterocycles.